The molecular weight excluding hydrogens is 409 g/mol. The Bertz CT molecular complexity index is 888. The molecule has 1 aliphatic heterocycles. The highest BCUT2D eigenvalue weighted by molar-refractivity contribution is 6.62. The van der Waals surface area contributed by atoms with E-state index in [4.69, 9.17) is 14.0 Å². The van der Waals surface area contributed by atoms with Gasteiger partial charge in [0.25, 0.3) is 0 Å². The number of aliphatic hydroxyl groups is 2. The van der Waals surface area contributed by atoms with Crippen molar-refractivity contribution < 1.29 is 29.1 Å². The van der Waals surface area contributed by atoms with Gasteiger partial charge in [0.15, 0.2) is 0 Å². The molecule has 1 heterocycles. The first-order chi connectivity index (χ1) is 15.1. The van der Waals surface area contributed by atoms with Crippen molar-refractivity contribution in [3.63, 3.8) is 0 Å². The monoisotopic (exact) mass is 441 g/mol. The number of carbonyl (C=O) groups is 1. The van der Waals surface area contributed by atoms with E-state index >= 15 is 0 Å². The van der Waals surface area contributed by atoms with Crippen LogP contribution >= 0.6 is 0 Å². The van der Waals surface area contributed by atoms with Crippen molar-refractivity contribution in [2.75, 3.05) is 6.54 Å². The van der Waals surface area contributed by atoms with E-state index < -0.39 is 36.6 Å². The van der Waals surface area contributed by atoms with Gasteiger partial charge in [-0.1, -0.05) is 54.6 Å². The maximum absolute atomic E-state index is 11.8. The molecule has 0 radical (unpaired) electrons. The van der Waals surface area contributed by atoms with Crippen LogP contribution < -0.4 is 10.8 Å². The molecule has 2 aromatic rings. The van der Waals surface area contributed by atoms with Crippen LogP contribution in [0.25, 0.3) is 0 Å². The van der Waals surface area contributed by atoms with Crippen LogP contribution in [0.5, 0.6) is 0 Å². The zero-order valence-electron chi connectivity index (χ0n) is 19.1. The second kappa shape index (κ2) is 10.0. The lowest BCUT2D eigenvalue weighted by atomic mass is 9.78. The van der Waals surface area contributed by atoms with Gasteiger partial charge < -0.3 is 29.6 Å². The van der Waals surface area contributed by atoms with Gasteiger partial charge >= 0.3 is 13.2 Å². The van der Waals surface area contributed by atoms with E-state index in [1.54, 1.807) is 18.2 Å². The summed E-state index contributed by atoms with van der Waals surface area (Å²) < 4.78 is 17.3. The summed E-state index contributed by atoms with van der Waals surface area (Å²) >= 11 is 0. The second-order valence-electron chi connectivity index (χ2n) is 9.05. The van der Waals surface area contributed by atoms with Gasteiger partial charge in [0.1, 0.15) is 12.7 Å². The Hall–Kier alpha value is -2.39. The molecule has 0 bridgehead atoms. The van der Waals surface area contributed by atoms with Crippen molar-refractivity contribution in [1.29, 1.82) is 0 Å². The fourth-order valence-corrected chi connectivity index (χ4v) is 3.35. The van der Waals surface area contributed by atoms with E-state index in [-0.39, 0.29) is 19.6 Å². The van der Waals surface area contributed by atoms with E-state index in [0.717, 1.165) is 11.0 Å². The van der Waals surface area contributed by atoms with Crippen molar-refractivity contribution in [3.05, 3.63) is 65.7 Å². The third-order valence-corrected chi connectivity index (χ3v) is 6.06. The summed E-state index contributed by atoms with van der Waals surface area (Å²) in [7, 11) is -0.551. The molecule has 32 heavy (non-hydrogen) atoms. The Balaban J connectivity index is 1.49. The minimum atomic E-state index is -1.11. The highest BCUT2D eigenvalue weighted by atomic mass is 16.7. The quantitative estimate of drug-likeness (QED) is 0.545. The zero-order chi connectivity index (χ0) is 23.4. The summed E-state index contributed by atoms with van der Waals surface area (Å²) in [5.74, 6) is 0. The lowest BCUT2D eigenvalue weighted by molar-refractivity contribution is 0.00578. The van der Waals surface area contributed by atoms with Gasteiger partial charge in [-0.25, -0.2) is 4.79 Å². The number of ether oxygens (including phenoxy) is 1. The number of rotatable bonds is 8. The molecule has 1 saturated heterocycles. The minimum Gasteiger partial charge on any atom is -0.445 e. The van der Waals surface area contributed by atoms with E-state index in [9.17, 15) is 15.0 Å². The lowest BCUT2D eigenvalue weighted by Crippen LogP contribution is -2.41. The van der Waals surface area contributed by atoms with E-state index in [0.29, 0.717) is 5.56 Å². The Morgan fingerprint density at radius 1 is 1.03 bits per heavy atom. The van der Waals surface area contributed by atoms with Crippen LogP contribution in [0.1, 0.15) is 51.3 Å². The van der Waals surface area contributed by atoms with E-state index in [2.05, 4.69) is 5.32 Å². The number of nitrogens with one attached hydrogen (secondary N) is 1. The first kappa shape index (κ1) is 24.3. The summed E-state index contributed by atoms with van der Waals surface area (Å²) in [6, 6.07) is 16.5. The molecule has 0 aliphatic carbocycles. The molecule has 7 nitrogen and oxygen atoms in total. The molecule has 172 valence electrons. The number of carbonyl (C=O) groups excluding carboxylic acids is 1. The van der Waals surface area contributed by atoms with Gasteiger partial charge in [-0.2, -0.15) is 0 Å². The molecule has 1 aliphatic rings. The fraction of sp³-hybridized carbons (Fsp3) is 0.458. The smallest absolute Gasteiger partial charge is 0.445 e. The SMILES string of the molecule is CC1(C)OB(c2cccc(C(O)C(O)CCNC(=O)OCc3ccccc3)c2)OC1(C)C. The van der Waals surface area contributed by atoms with Gasteiger partial charge in [0.2, 0.25) is 0 Å². The fourth-order valence-electron chi connectivity index (χ4n) is 3.35. The van der Waals surface area contributed by atoms with Gasteiger partial charge in [0, 0.05) is 6.54 Å². The van der Waals surface area contributed by atoms with Crippen LogP contribution in [-0.4, -0.2) is 47.3 Å². The summed E-state index contributed by atoms with van der Waals surface area (Å²) in [5.41, 5.74) is 1.28. The Morgan fingerprint density at radius 2 is 1.69 bits per heavy atom. The molecule has 8 heteroatoms. The summed E-state index contributed by atoms with van der Waals surface area (Å²) in [5, 5.41) is 23.6. The second-order valence-corrected chi connectivity index (χ2v) is 9.05. The van der Waals surface area contributed by atoms with E-state index in [1.165, 1.54) is 0 Å². The topological polar surface area (TPSA) is 97.2 Å². The number of hydrogen-bond donors (Lipinski definition) is 3. The molecule has 1 amide bonds. The molecule has 1 fully saturated rings. The maximum Gasteiger partial charge on any atom is 0.494 e. The first-order valence-electron chi connectivity index (χ1n) is 10.9. The van der Waals surface area contributed by atoms with E-state index in [1.807, 2.05) is 64.1 Å². The predicted molar refractivity (Wildman–Crippen MR) is 122 cm³/mol. The number of benzene rings is 2. The normalized spacial score (nSPS) is 18.8. The molecule has 2 atom stereocenters. The molecule has 0 aromatic heterocycles. The number of hydrogen-bond acceptors (Lipinski definition) is 6. The highest BCUT2D eigenvalue weighted by Crippen LogP contribution is 2.36. The third kappa shape index (κ3) is 5.89. The highest BCUT2D eigenvalue weighted by Gasteiger charge is 2.51. The van der Waals surface area contributed by atoms with Crippen molar-refractivity contribution in [2.24, 2.45) is 0 Å². The van der Waals surface area contributed by atoms with Crippen molar-refractivity contribution in [1.82, 2.24) is 5.32 Å². The van der Waals surface area contributed by atoms with Crippen molar-refractivity contribution in [3.8, 4) is 0 Å². The van der Waals surface area contributed by atoms with Crippen LogP contribution in [0.4, 0.5) is 4.79 Å². The molecule has 2 aromatic carbocycles. The molecule has 3 rings (SSSR count). The largest absolute Gasteiger partial charge is 0.494 e. The van der Waals surface area contributed by atoms with Crippen LogP contribution in [-0.2, 0) is 20.7 Å². The standard InChI is InChI=1S/C24H32BNO6/c1-23(2)24(3,4)32-25(31-23)19-12-8-11-18(15-19)21(28)20(27)13-14-26-22(29)30-16-17-9-6-5-7-10-17/h5-12,15,20-21,27-28H,13-14,16H2,1-4H3,(H,26,29). The molecule has 0 spiro atoms. The zero-order valence-corrected chi connectivity index (χ0v) is 19.1. The van der Waals surface area contributed by atoms with Gasteiger partial charge in [-0.15, -0.1) is 0 Å². The molecular formula is C24H32BNO6. The average Bonchev–Trinajstić information content (AvgIpc) is 2.99. The molecule has 0 saturated carbocycles. The Labute approximate surface area is 189 Å². The van der Waals surface area contributed by atoms with Crippen molar-refractivity contribution in [2.45, 2.75) is 64.1 Å². The Morgan fingerprint density at radius 3 is 2.34 bits per heavy atom. The average molecular weight is 441 g/mol. The van der Waals surface area contributed by atoms with Crippen LogP contribution in [0.15, 0.2) is 54.6 Å². The lowest BCUT2D eigenvalue weighted by Gasteiger charge is -2.32. The molecule has 2 unspecified atom stereocenters. The van der Waals surface area contributed by atoms with Gasteiger partial charge in [-0.3, -0.25) is 0 Å². The summed E-state index contributed by atoms with van der Waals surface area (Å²) in [6.45, 7) is 8.26. The summed E-state index contributed by atoms with van der Waals surface area (Å²) in [6.07, 6.45) is -2.57. The minimum absolute atomic E-state index is 0.169. The number of alkyl carbamates (subject to hydrolysis) is 1. The van der Waals surface area contributed by atoms with Crippen LogP contribution in [0.2, 0.25) is 0 Å². The van der Waals surface area contributed by atoms with Crippen LogP contribution in [0, 0.1) is 0 Å². The van der Waals surface area contributed by atoms with Crippen molar-refractivity contribution >= 4 is 18.7 Å². The number of aliphatic hydroxyl groups excluding tert-OH is 2. The van der Waals surface area contributed by atoms with Gasteiger partial charge in [0.05, 0.1) is 17.3 Å². The molecule has 3 N–H and O–H groups in total. The van der Waals surface area contributed by atoms with Crippen LogP contribution in [0.3, 0.4) is 0 Å². The van der Waals surface area contributed by atoms with Gasteiger partial charge in [-0.05, 0) is 50.7 Å². The maximum atomic E-state index is 11.8. The third-order valence-electron chi connectivity index (χ3n) is 6.06. The summed E-state index contributed by atoms with van der Waals surface area (Å²) in [4.78, 5) is 11.8. The number of amides is 1. The first-order valence-corrected chi connectivity index (χ1v) is 10.9. The predicted octanol–water partition coefficient (Wildman–Crippen LogP) is 2.70. The Kier molecular flexibility index (Phi) is 7.61.